The fourth-order valence-electron chi connectivity index (χ4n) is 2.16. The molecule has 0 bridgehead atoms. The molecule has 0 radical (unpaired) electrons. The number of benzene rings is 1. The zero-order valence-corrected chi connectivity index (χ0v) is 16.0. The number of carbonyl (C=O) groups excluding carboxylic acids is 1. The molecule has 1 heterocycles. The topological polar surface area (TPSA) is 57.7 Å². The van der Waals surface area contributed by atoms with Crippen LogP contribution in [0.2, 0.25) is 5.02 Å². The first-order valence-electron chi connectivity index (χ1n) is 7.24. The number of rotatable bonds is 6. The smallest absolute Gasteiger partial charge is 0.252 e. The van der Waals surface area contributed by atoms with E-state index in [2.05, 4.69) is 0 Å². The molecule has 2 aromatic rings. The first-order valence-corrected chi connectivity index (χ1v) is 9.94. The van der Waals surface area contributed by atoms with Crippen LogP contribution < -0.4 is 0 Å². The van der Waals surface area contributed by atoms with Crippen molar-refractivity contribution in [3.8, 4) is 0 Å². The molecule has 24 heavy (non-hydrogen) atoms. The molecular weight excluding hydrogens is 368 g/mol. The highest BCUT2D eigenvalue weighted by Gasteiger charge is 2.26. The maximum atomic E-state index is 12.5. The minimum Gasteiger partial charge on any atom is -0.338 e. The van der Waals surface area contributed by atoms with Crippen molar-refractivity contribution < 1.29 is 13.2 Å². The molecule has 0 aliphatic carbocycles. The summed E-state index contributed by atoms with van der Waals surface area (Å²) in [6.07, 6.45) is 0. The normalized spacial score (nSPS) is 13.0. The molecule has 0 N–H and O–H groups in total. The Morgan fingerprint density at radius 3 is 2.54 bits per heavy atom. The predicted octanol–water partition coefficient (Wildman–Crippen LogP) is 3.24. The highest BCUT2D eigenvalue weighted by molar-refractivity contribution is 7.91. The Hall–Kier alpha value is -1.41. The molecule has 1 aromatic heterocycles. The first kappa shape index (κ1) is 18.9. The SMILES string of the molecule is CC(c1cccc(Cl)c1)N(C)C(=O)CN(C)S(=O)(=O)c1cccs1. The van der Waals surface area contributed by atoms with Crippen molar-refractivity contribution in [2.75, 3.05) is 20.6 Å². The third-order valence-electron chi connectivity index (χ3n) is 3.82. The van der Waals surface area contributed by atoms with E-state index in [9.17, 15) is 13.2 Å². The summed E-state index contributed by atoms with van der Waals surface area (Å²) in [4.78, 5) is 14.0. The molecule has 0 spiro atoms. The number of likely N-dealkylation sites (N-methyl/N-ethyl adjacent to an activating group) is 2. The molecule has 0 saturated heterocycles. The highest BCUT2D eigenvalue weighted by atomic mass is 35.5. The lowest BCUT2D eigenvalue weighted by atomic mass is 10.1. The standard InChI is InChI=1S/C16H19ClN2O3S2/c1-12(13-6-4-7-14(17)10-13)19(3)15(20)11-18(2)24(21,22)16-8-5-9-23-16/h4-10,12H,11H2,1-3H3. The lowest BCUT2D eigenvalue weighted by Crippen LogP contribution is -2.40. The van der Waals surface area contributed by atoms with Crippen LogP contribution in [0.15, 0.2) is 46.0 Å². The second kappa shape index (κ2) is 7.65. The number of amides is 1. The lowest BCUT2D eigenvalue weighted by Gasteiger charge is -2.27. The first-order chi connectivity index (χ1) is 11.2. The van der Waals surface area contributed by atoms with Gasteiger partial charge in [-0.3, -0.25) is 4.79 Å². The quantitative estimate of drug-likeness (QED) is 0.765. The average molecular weight is 387 g/mol. The fourth-order valence-corrected chi connectivity index (χ4v) is 4.68. The van der Waals surface area contributed by atoms with Gasteiger partial charge in [-0.25, -0.2) is 8.42 Å². The van der Waals surface area contributed by atoms with Crippen molar-refractivity contribution in [2.45, 2.75) is 17.2 Å². The van der Waals surface area contributed by atoms with Crippen LogP contribution in [0.4, 0.5) is 0 Å². The highest BCUT2D eigenvalue weighted by Crippen LogP contribution is 2.23. The van der Waals surface area contributed by atoms with Crippen LogP contribution in [-0.2, 0) is 14.8 Å². The summed E-state index contributed by atoms with van der Waals surface area (Å²) in [5.74, 6) is -0.287. The van der Waals surface area contributed by atoms with Crippen molar-refractivity contribution >= 4 is 38.9 Å². The number of hydrogen-bond donors (Lipinski definition) is 0. The number of carbonyl (C=O) groups is 1. The van der Waals surface area contributed by atoms with Gasteiger partial charge >= 0.3 is 0 Å². The average Bonchev–Trinajstić information content (AvgIpc) is 3.08. The molecule has 0 saturated carbocycles. The van der Waals surface area contributed by atoms with Gasteiger partial charge in [0, 0.05) is 19.1 Å². The lowest BCUT2D eigenvalue weighted by molar-refractivity contribution is -0.131. The molecule has 2 rings (SSSR count). The van der Waals surface area contributed by atoms with Crippen LogP contribution >= 0.6 is 22.9 Å². The minimum atomic E-state index is -3.64. The monoisotopic (exact) mass is 386 g/mol. The number of thiophene rings is 1. The third-order valence-corrected chi connectivity index (χ3v) is 7.23. The second-order valence-electron chi connectivity index (χ2n) is 5.43. The van der Waals surface area contributed by atoms with Gasteiger partial charge in [-0.15, -0.1) is 11.3 Å². The Morgan fingerprint density at radius 1 is 1.25 bits per heavy atom. The molecule has 0 aliphatic heterocycles. The van der Waals surface area contributed by atoms with E-state index in [1.165, 1.54) is 18.0 Å². The van der Waals surface area contributed by atoms with Crippen molar-refractivity contribution in [3.05, 3.63) is 52.4 Å². The number of sulfonamides is 1. The van der Waals surface area contributed by atoms with Gasteiger partial charge in [-0.1, -0.05) is 29.8 Å². The summed E-state index contributed by atoms with van der Waals surface area (Å²) in [5, 5.41) is 2.29. The third kappa shape index (κ3) is 4.16. The Labute approximate surface area is 151 Å². The molecule has 0 aliphatic rings. The molecule has 1 unspecified atom stereocenters. The molecule has 5 nitrogen and oxygen atoms in total. The Morgan fingerprint density at radius 2 is 1.96 bits per heavy atom. The molecular formula is C16H19ClN2O3S2. The molecule has 0 fully saturated rings. The second-order valence-corrected chi connectivity index (χ2v) is 9.08. The Balaban J connectivity index is 2.08. The van der Waals surface area contributed by atoms with Crippen molar-refractivity contribution in [2.24, 2.45) is 0 Å². The van der Waals surface area contributed by atoms with Gasteiger partial charge in [0.2, 0.25) is 5.91 Å². The zero-order chi connectivity index (χ0) is 17.9. The van der Waals surface area contributed by atoms with E-state index in [-0.39, 0.29) is 22.7 Å². The van der Waals surface area contributed by atoms with Gasteiger partial charge in [0.1, 0.15) is 4.21 Å². The minimum absolute atomic E-state index is 0.214. The van der Waals surface area contributed by atoms with Gasteiger partial charge in [0.25, 0.3) is 10.0 Å². The molecule has 130 valence electrons. The van der Waals surface area contributed by atoms with Crippen molar-refractivity contribution in [1.82, 2.24) is 9.21 Å². The van der Waals surface area contributed by atoms with Crippen LogP contribution in [0.5, 0.6) is 0 Å². The summed E-state index contributed by atoms with van der Waals surface area (Å²) in [6.45, 7) is 1.65. The van der Waals surface area contributed by atoms with Crippen LogP contribution in [0, 0.1) is 0 Å². The van der Waals surface area contributed by atoms with E-state index >= 15 is 0 Å². The van der Waals surface area contributed by atoms with Crippen LogP contribution in [0.25, 0.3) is 0 Å². The maximum absolute atomic E-state index is 12.5. The van der Waals surface area contributed by atoms with E-state index in [0.717, 1.165) is 21.2 Å². The van der Waals surface area contributed by atoms with E-state index in [1.54, 1.807) is 30.6 Å². The summed E-state index contributed by atoms with van der Waals surface area (Å²) in [5.41, 5.74) is 0.891. The van der Waals surface area contributed by atoms with Gasteiger partial charge in [0.05, 0.1) is 12.6 Å². The van der Waals surface area contributed by atoms with E-state index in [4.69, 9.17) is 11.6 Å². The number of halogens is 1. The van der Waals surface area contributed by atoms with E-state index in [0.29, 0.717) is 5.02 Å². The van der Waals surface area contributed by atoms with Crippen LogP contribution in [-0.4, -0.2) is 44.2 Å². The Bertz CT molecular complexity index is 806. The predicted molar refractivity (Wildman–Crippen MR) is 96.8 cm³/mol. The number of nitrogens with zero attached hydrogens (tertiary/aromatic N) is 2. The summed E-state index contributed by atoms with van der Waals surface area (Å²) in [7, 11) is -0.578. The van der Waals surface area contributed by atoms with Crippen LogP contribution in [0.1, 0.15) is 18.5 Å². The van der Waals surface area contributed by atoms with E-state index < -0.39 is 10.0 Å². The largest absolute Gasteiger partial charge is 0.338 e. The van der Waals surface area contributed by atoms with E-state index in [1.807, 2.05) is 19.1 Å². The molecule has 8 heteroatoms. The van der Waals surface area contributed by atoms with Crippen LogP contribution in [0.3, 0.4) is 0 Å². The van der Waals surface area contributed by atoms with Gasteiger partial charge in [-0.05, 0) is 36.1 Å². The molecule has 1 aromatic carbocycles. The maximum Gasteiger partial charge on any atom is 0.252 e. The van der Waals surface area contributed by atoms with Gasteiger partial charge in [0.15, 0.2) is 0 Å². The molecule has 1 atom stereocenters. The van der Waals surface area contributed by atoms with Gasteiger partial charge < -0.3 is 4.90 Å². The van der Waals surface area contributed by atoms with Gasteiger partial charge in [-0.2, -0.15) is 4.31 Å². The zero-order valence-electron chi connectivity index (χ0n) is 13.6. The summed E-state index contributed by atoms with van der Waals surface area (Å²) < 4.78 is 26.1. The van der Waals surface area contributed by atoms with Crippen molar-refractivity contribution in [3.63, 3.8) is 0 Å². The summed E-state index contributed by atoms with van der Waals surface area (Å²) in [6, 6.07) is 10.2. The summed E-state index contributed by atoms with van der Waals surface area (Å²) >= 11 is 7.11. The fraction of sp³-hybridized carbons (Fsp3) is 0.312. The molecule has 1 amide bonds. The number of hydrogen-bond acceptors (Lipinski definition) is 4. The Kier molecular flexibility index (Phi) is 6.03. The van der Waals surface area contributed by atoms with Crippen molar-refractivity contribution in [1.29, 1.82) is 0 Å².